The highest BCUT2D eigenvalue weighted by molar-refractivity contribution is 5.85. The second kappa shape index (κ2) is 7.66. The molecule has 0 bridgehead atoms. The third-order valence-corrected chi connectivity index (χ3v) is 5.53. The highest BCUT2D eigenvalue weighted by Crippen LogP contribution is 2.34. The Morgan fingerprint density at radius 2 is 1.90 bits per heavy atom. The molecule has 0 spiro atoms. The lowest BCUT2D eigenvalue weighted by Gasteiger charge is -2.21. The zero-order valence-corrected chi connectivity index (χ0v) is 17.0. The largest absolute Gasteiger partial charge is 0.487 e. The maximum Gasteiger partial charge on any atom is 0.253 e. The third kappa shape index (κ3) is 3.86. The van der Waals surface area contributed by atoms with E-state index in [4.69, 9.17) is 4.74 Å². The van der Waals surface area contributed by atoms with Crippen molar-refractivity contribution < 1.29 is 9.53 Å². The zero-order valence-electron chi connectivity index (χ0n) is 17.0. The van der Waals surface area contributed by atoms with Gasteiger partial charge in [-0.05, 0) is 60.7 Å². The molecule has 5 heteroatoms. The van der Waals surface area contributed by atoms with Crippen molar-refractivity contribution in [1.29, 1.82) is 0 Å². The second-order valence-electron chi connectivity index (χ2n) is 7.71. The Morgan fingerprint density at radius 3 is 2.66 bits per heavy atom. The van der Waals surface area contributed by atoms with Crippen molar-refractivity contribution >= 4 is 5.78 Å². The first-order chi connectivity index (χ1) is 13.9. The minimum absolute atomic E-state index is 0.000549. The molecule has 29 heavy (non-hydrogen) atoms. The normalized spacial score (nSPS) is 13.3. The van der Waals surface area contributed by atoms with Crippen molar-refractivity contribution in [3.05, 3.63) is 81.0 Å². The summed E-state index contributed by atoms with van der Waals surface area (Å²) >= 11 is 0. The molecular weight excluding hydrogens is 364 g/mol. The van der Waals surface area contributed by atoms with Crippen molar-refractivity contribution in [2.75, 3.05) is 0 Å². The van der Waals surface area contributed by atoms with Gasteiger partial charge in [0.2, 0.25) is 0 Å². The number of Topliss-reactive ketones (excluding diaryl/α,β-unsaturated/α-hetero) is 1. The Balaban J connectivity index is 1.77. The fourth-order valence-electron chi connectivity index (χ4n) is 3.83. The van der Waals surface area contributed by atoms with Gasteiger partial charge < -0.3 is 9.30 Å². The molecular formula is C24H24N2O3. The molecule has 148 valence electrons. The molecule has 1 aliphatic rings. The summed E-state index contributed by atoms with van der Waals surface area (Å²) in [6, 6.07) is 9.93. The van der Waals surface area contributed by atoms with Crippen LogP contribution in [0.5, 0.6) is 5.75 Å². The Hall–Kier alpha value is -3.21. The smallest absolute Gasteiger partial charge is 0.253 e. The number of benzene rings is 1. The van der Waals surface area contributed by atoms with E-state index in [1.807, 2.05) is 44.3 Å². The van der Waals surface area contributed by atoms with E-state index in [0.29, 0.717) is 31.4 Å². The topological polar surface area (TPSA) is 61.2 Å². The fourth-order valence-corrected chi connectivity index (χ4v) is 3.83. The number of fused-ring (bicyclic) bond motifs is 1. The van der Waals surface area contributed by atoms with Crippen LogP contribution in [0.25, 0.3) is 11.1 Å². The summed E-state index contributed by atoms with van der Waals surface area (Å²) in [5.41, 5.74) is 6.71. The van der Waals surface area contributed by atoms with Gasteiger partial charge in [0.25, 0.3) is 5.56 Å². The van der Waals surface area contributed by atoms with Crippen molar-refractivity contribution in [2.45, 2.75) is 39.7 Å². The highest BCUT2D eigenvalue weighted by Gasteiger charge is 2.21. The van der Waals surface area contributed by atoms with Crippen molar-refractivity contribution in [2.24, 2.45) is 7.05 Å². The monoisotopic (exact) mass is 388 g/mol. The van der Waals surface area contributed by atoms with Gasteiger partial charge >= 0.3 is 0 Å². The van der Waals surface area contributed by atoms with Crippen LogP contribution in [-0.4, -0.2) is 15.3 Å². The van der Waals surface area contributed by atoms with Crippen LogP contribution in [0.1, 0.15) is 34.4 Å². The van der Waals surface area contributed by atoms with Gasteiger partial charge in [-0.15, -0.1) is 0 Å². The van der Waals surface area contributed by atoms with Crippen LogP contribution in [0.3, 0.4) is 0 Å². The summed E-state index contributed by atoms with van der Waals surface area (Å²) in [7, 11) is 1.76. The van der Waals surface area contributed by atoms with Crippen LogP contribution in [0.15, 0.2) is 47.5 Å². The molecule has 0 unspecified atom stereocenters. The first-order valence-electron chi connectivity index (χ1n) is 9.81. The van der Waals surface area contributed by atoms with E-state index in [1.54, 1.807) is 17.8 Å². The summed E-state index contributed by atoms with van der Waals surface area (Å²) in [6.07, 6.45) is 5.28. The van der Waals surface area contributed by atoms with Gasteiger partial charge in [-0.2, -0.15) is 0 Å². The molecule has 0 atom stereocenters. The maximum absolute atomic E-state index is 12.1. The van der Waals surface area contributed by atoms with Crippen LogP contribution in [-0.2, 0) is 31.3 Å². The number of nitrogens with zero attached hydrogens (tertiary/aromatic N) is 2. The molecule has 0 saturated carbocycles. The third-order valence-electron chi connectivity index (χ3n) is 5.53. The summed E-state index contributed by atoms with van der Waals surface area (Å²) in [5, 5.41) is 0. The summed E-state index contributed by atoms with van der Waals surface area (Å²) in [5.74, 6) is 0.962. The minimum Gasteiger partial charge on any atom is -0.487 e. The van der Waals surface area contributed by atoms with E-state index in [0.717, 1.165) is 39.3 Å². The molecule has 3 aromatic rings. The van der Waals surface area contributed by atoms with Gasteiger partial charge in [0.15, 0.2) is 0 Å². The molecule has 0 amide bonds. The number of carbonyl (C=O) groups excluding carboxylic acids is 1. The number of aromatic nitrogens is 2. The molecule has 0 radical (unpaired) electrons. The number of ether oxygens (including phenoxy) is 1. The van der Waals surface area contributed by atoms with Crippen LogP contribution in [0.2, 0.25) is 0 Å². The number of rotatable bonds is 4. The molecule has 0 fully saturated rings. The Morgan fingerprint density at radius 1 is 1.07 bits per heavy atom. The predicted molar refractivity (Wildman–Crippen MR) is 112 cm³/mol. The van der Waals surface area contributed by atoms with Gasteiger partial charge in [0, 0.05) is 43.4 Å². The van der Waals surface area contributed by atoms with Gasteiger partial charge in [-0.25, -0.2) is 0 Å². The average Bonchev–Trinajstić information content (AvgIpc) is 2.70. The fraction of sp³-hybridized carbons (Fsp3) is 0.292. The molecule has 2 heterocycles. The van der Waals surface area contributed by atoms with E-state index in [-0.39, 0.29) is 11.3 Å². The van der Waals surface area contributed by atoms with E-state index in [9.17, 15) is 9.59 Å². The van der Waals surface area contributed by atoms with E-state index in [1.165, 1.54) is 0 Å². The van der Waals surface area contributed by atoms with Crippen LogP contribution < -0.4 is 10.3 Å². The van der Waals surface area contributed by atoms with E-state index in [2.05, 4.69) is 11.1 Å². The van der Waals surface area contributed by atoms with Crippen LogP contribution in [0, 0.1) is 13.8 Å². The molecule has 0 aliphatic heterocycles. The van der Waals surface area contributed by atoms with Gasteiger partial charge in [-0.3, -0.25) is 14.6 Å². The molecule has 1 aromatic carbocycles. The lowest BCUT2D eigenvalue weighted by atomic mass is 9.87. The van der Waals surface area contributed by atoms with Crippen molar-refractivity contribution in [3.8, 4) is 16.9 Å². The standard InChI is InChI=1S/C24H24N2O3/c1-15-5-4-8-25-22(15)14-29-23-11-18(10-17-6-7-20(27)12-21(17)23)19-9-16(2)24(28)26(3)13-19/h4-5,8-11,13H,6-7,12,14H2,1-3H3. The highest BCUT2D eigenvalue weighted by atomic mass is 16.5. The molecule has 5 nitrogen and oxygen atoms in total. The van der Waals surface area contributed by atoms with Crippen LogP contribution >= 0.6 is 0 Å². The number of aryl methyl sites for hydroxylation is 4. The van der Waals surface area contributed by atoms with Crippen LogP contribution in [0.4, 0.5) is 0 Å². The van der Waals surface area contributed by atoms with Gasteiger partial charge in [-0.1, -0.05) is 12.1 Å². The molecule has 1 aliphatic carbocycles. The number of ketones is 1. The Labute approximate surface area is 170 Å². The lowest BCUT2D eigenvalue weighted by molar-refractivity contribution is -0.118. The lowest BCUT2D eigenvalue weighted by Crippen LogP contribution is -2.18. The Bertz CT molecular complexity index is 1140. The number of hydrogen-bond acceptors (Lipinski definition) is 4. The number of carbonyl (C=O) groups is 1. The number of pyridine rings is 2. The van der Waals surface area contributed by atoms with Crippen molar-refractivity contribution in [3.63, 3.8) is 0 Å². The zero-order chi connectivity index (χ0) is 20.5. The first kappa shape index (κ1) is 19.1. The Kier molecular flexibility index (Phi) is 5.05. The summed E-state index contributed by atoms with van der Waals surface area (Å²) in [6.45, 7) is 4.18. The quantitative estimate of drug-likeness (QED) is 0.684. The first-order valence-corrected chi connectivity index (χ1v) is 9.81. The van der Waals surface area contributed by atoms with E-state index >= 15 is 0 Å². The van der Waals surface area contributed by atoms with E-state index < -0.39 is 0 Å². The number of hydrogen-bond donors (Lipinski definition) is 0. The van der Waals surface area contributed by atoms with Gasteiger partial charge in [0.05, 0.1) is 5.69 Å². The minimum atomic E-state index is -0.000549. The molecule has 0 saturated heterocycles. The van der Waals surface area contributed by atoms with Crippen molar-refractivity contribution in [1.82, 2.24) is 9.55 Å². The predicted octanol–water partition coefficient (Wildman–Crippen LogP) is 3.70. The summed E-state index contributed by atoms with van der Waals surface area (Å²) < 4.78 is 7.79. The molecule has 0 N–H and O–H groups in total. The van der Waals surface area contributed by atoms with Gasteiger partial charge in [0.1, 0.15) is 18.1 Å². The SMILES string of the molecule is Cc1cccnc1COc1cc(-c2cc(C)c(=O)n(C)c2)cc2c1CC(=O)CC2. The maximum atomic E-state index is 12.1. The average molecular weight is 388 g/mol. The second-order valence-corrected chi connectivity index (χ2v) is 7.71. The summed E-state index contributed by atoms with van der Waals surface area (Å²) in [4.78, 5) is 28.6. The molecule has 2 aromatic heterocycles. The molecule has 4 rings (SSSR count).